The molecule has 0 unspecified atom stereocenters. The van der Waals surface area contributed by atoms with Crippen LogP contribution in [-0.4, -0.2) is 19.1 Å². The molecule has 4 aromatic rings. The number of halogens is 2. The molecule has 3 aromatic carbocycles. The van der Waals surface area contributed by atoms with Crippen molar-refractivity contribution in [2.45, 2.75) is 32.6 Å². The first-order valence-corrected chi connectivity index (χ1v) is 10.9. The van der Waals surface area contributed by atoms with E-state index in [0.717, 1.165) is 35.2 Å². The third-order valence-corrected chi connectivity index (χ3v) is 5.40. The quantitative estimate of drug-likeness (QED) is 0.208. The zero-order valence-electron chi connectivity index (χ0n) is 19.0. The van der Waals surface area contributed by atoms with Gasteiger partial charge in [-0.2, -0.15) is 5.11 Å². The van der Waals surface area contributed by atoms with Crippen LogP contribution in [0.2, 0.25) is 0 Å². The summed E-state index contributed by atoms with van der Waals surface area (Å²) >= 11 is 0. The Kier molecular flexibility index (Phi) is 6.77. The number of azo groups is 1. The number of rotatable bonds is 8. The van der Waals surface area contributed by atoms with Crippen LogP contribution in [-0.2, 0) is 12.8 Å². The molecular formula is C26H26F2N4O. The van der Waals surface area contributed by atoms with Gasteiger partial charge in [-0.15, -0.1) is 5.11 Å². The number of nitrogens with zero attached hydrogens (tertiary/aromatic N) is 4. The number of aryl methyl sites for hydroxylation is 3. The minimum absolute atomic E-state index is 0.378. The molecule has 5 nitrogen and oxygen atoms in total. The van der Waals surface area contributed by atoms with Gasteiger partial charge in [0.2, 0.25) is 0 Å². The second-order valence-corrected chi connectivity index (χ2v) is 8.30. The van der Waals surface area contributed by atoms with Gasteiger partial charge >= 0.3 is 0 Å². The number of hydrogen-bond acceptors (Lipinski definition) is 5. The van der Waals surface area contributed by atoms with Crippen molar-refractivity contribution in [3.8, 4) is 0 Å². The number of unbranched alkanes of at least 4 members (excludes halogenated alkanes) is 1. The van der Waals surface area contributed by atoms with Gasteiger partial charge in [0.15, 0.2) is 28.8 Å². The van der Waals surface area contributed by atoms with Crippen LogP contribution in [0.25, 0.3) is 11.1 Å². The van der Waals surface area contributed by atoms with Crippen LogP contribution in [0.5, 0.6) is 0 Å². The van der Waals surface area contributed by atoms with Crippen LogP contribution in [0.3, 0.4) is 0 Å². The van der Waals surface area contributed by atoms with Gasteiger partial charge in [-0.05, 0) is 85.8 Å². The maximum atomic E-state index is 14.5. The molecule has 0 aliphatic carbocycles. The van der Waals surface area contributed by atoms with Crippen LogP contribution in [0.1, 0.15) is 29.9 Å². The number of aromatic nitrogens is 1. The molecule has 0 bridgehead atoms. The Morgan fingerprint density at radius 1 is 0.879 bits per heavy atom. The zero-order valence-corrected chi connectivity index (χ0v) is 19.0. The van der Waals surface area contributed by atoms with E-state index < -0.39 is 11.6 Å². The second kappa shape index (κ2) is 9.90. The second-order valence-electron chi connectivity index (χ2n) is 8.30. The maximum Gasteiger partial charge on any atom is 0.195 e. The van der Waals surface area contributed by atoms with E-state index in [9.17, 15) is 8.78 Å². The average molecular weight is 449 g/mol. The van der Waals surface area contributed by atoms with Crippen molar-refractivity contribution < 1.29 is 13.2 Å². The molecule has 0 fully saturated rings. The molecule has 1 heterocycles. The Balaban J connectivity index is 1.34. The van der Waals surface area contributed by atoms with Crippen molar-refractivity contribution >= 4 is 28.2 Å². The minimum Gasteiger partial charge on any atom is -0.441 e. The molecule has 7 heteroatoms. The van der Waals surface area contributed by atoms with Crippen LogP contribution in [0.15, 0.2) is 69.2 Å². The predicted molar refractivity (Wildman–Crippen MR) is 127 cm³/mol. The average Bonchev–Trinajstić information content (AvgIpc) is 3.18. The van der Waals surface area contributed by atoms with Gasteiger partial charge in [-0.25, -0.2) is 13.8 Å². The van der Waals surface area contributed by atoms with E-state index in [1.54, 1.807) is 12.1 Å². The normalized spacial score (nSPS) is 11.5. The van der Waals surface area contributed by atoms with Crippen LogP contribution in [0.4, 0.5) is 25.8 Å². The Labute approximate surface area is 191 Å². The zero-order chi connectivity index (χ0) is 23.4. The van der Waals surface area contributed by atoms with Gasteiger partial charge in [0.1, 0.15) is 5.52 Å². The summed E-state index contributed by atoms with van der Waals surface area (Å²) in [6.45, 7) is 2.02. The lowest BCUT2D eigenvalue weighted by Gasteiger charge is -2.11. The molecule has 0 atom stereocenters. The van der Waals surface area contributed by atoms with Crippen molar-refractivity contribution in [3.05, 3.63) is 83.2 Å². The summed E-state index contributed by atoms with van der Waals surface area (Å²) in [5, 5.41) is 7.76. The molecule has 33 heavy (non-hydrogen) atoms. The molecule has 0 saturated heterocycles. The molecule has 0 spiro atoms. The summed E-state index contributed by atoms with van der Waals surface area (Å²) in [5.41, 5.74) is 4.51. The van der Waals surface area contributed by atoms with E-state index >= 15 is 0 Å². The third kappa shape index (κ3) is 5.61. The Hall–Kier alpha value is -3.61. The fourth-order valence-corrected chi connectivity index (χ4v) is 3.58. The molecule has 1 aromatic heterocycles. The molecule has 0 aliphatic rings. The first kappa shape index (κ1) is 22.6. The number of anilines is 1. The Bertz CT molecular complexity index is 1260. The van der Waals surface area contributed by atoms with Gasteiger partial charge in [0, 0.05) is 26.2 Å². The standard InChI is InChI=1S/C26H26F2N4O/c1-17-8-13-24-23(14-17)29-25(33-24)7-5-4-6-18-15-21(27)26(22(28)16-18)31-30-19-9-11-20(12-10-19)32(2)3/h8-16H,4-7H2,1-3H3. The SMILES string of the molecule is Cc1ccc2oc(CCCCc3cc(F)c(N=Nc4ccc(N(C)C)cc4)c(F)c3)nc2c1. The summed E-state index contributed by atoms with van der Waals surface area (Å²) in [6.07, 6.45) is 2.80. The summed E-state index contributed by atoms with van der Waals surface area (Å²) in [6, 6.07) is 15.8. The van der Waals surface area contributed by atoms with Gasteiger partial charge in [-0.1, -0.05) is 6.07 Å². The molecule has 0 aliphatic heterocycles. The topological polar surface area (TPSA) is 54.0 Å². The van der Waals surface area contributed by atoms with Crippen molar-refractivity contribution in [1.82, 2.24) is 4.98 Å². The van der Waals surface area contributed by atoms with E-state index in [2.05, 4.69) is 15.2 Å². The van der Waals surface area contributed by atoms with Crippen LogP contribution in [0, 0.1) is 18.6 Å². The summed E-state index contributed by atoms with van der Waals surface area (Å²) in [5.74, 6) is -0.747. The molecule has 4 rings (SSSR count). The molecule has 170 valence electrons. The highest BCUT2D eigenvalue weighted by atomic mass is 19.1. The van der Waals surface area contributed by atoms with E-state index in [1.807, 2.05) is 56.3 Å². The first-order chi connectivity index (χ1) is 15.9. The van der Waals surface area contributed by atoms with E-state index in [0.29, 0.717) is 30.0 Å². The lowest BCUT2D eigenvalue weighted by molar-refractivity contribution is 0.513. The smallest absolute Gasteiger partial charge is 0.195 e. The highest BCUT2D eigenvalue weighted by molar-refractivity contribution is 5.73. The van der Waals surface area contributed by atoms with Gasteiger partial charge < -0.3 is 9.32 Å². The number of oxazole rings is 1. The Morgan fingerprint density at radius 2 is 1.58 bits per heavy atom. The molecule has 0 saturated carbocycles. The lowest BCUT2D eigenvalue weighted by Crippen LogP contribution is -2.07. The fourth-order valence-electron chi connectivity index (χ4n) is 3.58. The Morgan fingerprint density at radius 3 is 2.27 bits per heavy atom. The highest BCUT2D eigenvalue weighted by Gasteiger charge is 2.12. The molecule has 0 radical (unpaired) electrons. The minimum atomic E-state index is -0.715. The van der Waals surface area contributed by atoms with Gasteiger partial charge in [-0.3, -0.25) is 0 Å². The van der Waals surface area contributed by atoms with Gasteiger partial charge in [0.25, 0.3) is 0 Å². The van der Waals surface area contributed by atoms with Gasteiger partial charge in [0.05, 0.1) is 5.69 Å². The number of benzene rings is 3. The highest BCUT2D eigenvalue weighted by Crippen LogP contribution is 2.28. The molecule has 0 N–H and O–H groups in total. The third-order valence-electron chi connectivity index (χ3n) is 5.40. The van der Waals surface area contributed by atoms with Crippen LogP contribution >= 0.6 is 0 Å². The summed E-state index contributed by atoms with van der Waals surface area (Å²) in [7, 11) is 3.86. The van der Waals surface area contributed by atoms with E-state index in [1.165, 1.54) is 12.1 Å². The van der Waals surface area contributed by atoms with Crippen LogP contribution < -0.4 is 4.90 Å². The first-order valence-electron chi connectivity index (χ1n) is 10.9. The summed E-state index contributed by atoms with van der Waals surface area (Å²) < 4.78 is 34.7. The van der Waals surface area contributed by atoms with E-state index in [4.69, 9.17) is 4.42 Å². The van der Waals surface area contributed by atoms with Crippen molar-refractivity contribution in [1.29, 1.82) is 0 Å². The molecular weight excluding hydrogens is 422 g/mol. The number of fused-ring (bicyclic) bond motifs is 1. The predicted octanol–water partition coefficient (Wildman–Crippen LogP) is 7.46. The van der Waals surface area contributed by atoms with Crippen molar-refractivity contribution in [2.24, 2.45) is 10.2 Å². The summed E-state index contributed by atoms with van der Waals surface area (Å²) in [4.78, 5) is 6.46. The van der Waals surface area contributed by atoms with Crippen molar-refractivity contribution in [2.75, 3.05) is 19.0 Å². The maximum absolute atomic E-state index is 14.5. The lowest BCUT2D eigenvalue weighted by atomic mass is 10.1. The van der Waals surface area contributed by atoms with Crippen molar-refractivity contribution in [3.63, 3.8) is 0 Å². The van der Waals surface area contributed by atoms with E-state index in [-0.39, 0.29) is 5.69 Å². The monoisotopic (exact) mass is 448 g/mol. The largest absolute Gasteiger partial charge is 0.441 e. The number of hydrogen-bond donors (Lipinski definition) is 0. The fraction of sp³-hybridized carbons (Fsp3) is 0.269. The molecule has 0 amide bonds.